The molecule has 0 aromatic rings. The largest absolute Gasteiger partial charge is 0.468 e. The average molecular weight is 442 g/mol. The van der Waals surface area contributed by atoms with Crippen molar-refractivity contribution in [3.05, 3.63) is 0 Å². The molecule has 31 heavy (non-hydrogen) atoms. The van der Waals surface area contributed by atoms with Crippen molar-refractivity contribution in [1.82, 2.24) is 20.9 Å². The molecule has 1 aliphatic heterocycles. The Balaban J connectivity index is 2.61. The number of likely N-dealkylation sites (tertiary alicyclic amines) is 1. The minimum Gasteiger partial charge on any atom is -0.468 e. The van der Waals surface area contributed by atoms with Gasteiger partial charge in [0.25, 0.3) is 0 Å². The minimum atomic E-state index is -0.886. The van der Waals surface area contributed by atoms with Crippen LogP contribution in [0.1, 0.15) is 40.5 Å². The van der Waals surface area contributed by atoms with Gasteiger partial charge in [0.15, 0.2) is 0 Å². The number of rotatable bonds is 10. The van der Waals surface area contributed by atoms with Gasteiger partial charge in [0, 0.05) is 6.54 Å². The number of ether oxygens (including phenoxy) is 1. The topological polar surface area (TPSA) is 160 Å². The fourth-order valence-electron chi connectivity index (χ4n) is 3.17. The Morgan fingerprint density at radius 2 is 1.68 bits per heavy atom. The molecule has 3 unspecified atom stereocenters. The van der Waals surface area contributed by atoms with Crippen LogP contribution in [0.2, 0.25) is 0 Å². The normalized spacial score (nSPS) is 17.8. The smallest absolute Gasteiger partial charge is 0.325 e. The molecule has 4 amide bonds. The summed E-state index contributed by atoms with van der Waals surface area (Å²) in [6.45, 7) is 6.94. The number of esters is 1. The monoisotopic (exact) mass is 441 g/mol. The lowest BCUT2D eigenvalue weighted by Gasteiger charge is -2.28. The number of nitrogens with two attached hydrogens (primary N) is 1. The van der Waals surface area contributed by atoms with Gasteiger partial charge in [-0.1, -0.05) is 27.7 Å². The second-order valence-electron chi connectivity index (χ2n) is 8.26. The van der Waals surface area contributed by atoms with Gasteiger partial charge >= 0.3 is 5.97 Å². The van der Waals surface area contributed by atoms with E-state index in [2.05, 4.69) is 20.7 Å². The summed E-state index contributed by atoms with van der Waals surface area (Å²) in [7, 11) is 1.20. The molecule has 1 fully saturated rings. The standard InChI is InChI=1S/C20H35N5O6/c1-11(2)16(21)20(30)25-8-6-7-13(25)18(28)22-9-14(26)24-17(12(3)4)19(29)23-10-15(27)31-5/h11-13,16-17H,6-10,21H2,1-5H3,(H,22,28)(H,23,29)(H,24,26). The number of hydrogen-bond donors (Lipinski definition) is 4. The van der Waals surface area contributed by atoms with Crippen molar-refractivity contribution in [2.75, 3.05) is 26.7 Å². The van der Waals surface area contributed by atoms with E-state index in [1.807, 2.05) is 13.8 Å². The van der Waals surface area contributed by atoms with Gasteiger partial charge < -0.3 is 31.3 Å². The van der Waals surface area contributed by atoms with E-state index < -0.39 is 41.8 Å². The van der Waals surface area contributed by atoms with Crippen molar-refractivity contribution in [3.63, 3.8) is 0 Å². The molecular weight excluding hydrogens is 406 g/mol. The number of carbonyl (C=O) groups is 5. The van der Waals surface area contributed by atoms with Crippen LogP contribution in [0.25, 0.3) is 0 Å². The van der Waals surface area contributed by atoms with Crippen LogP contribution in [0.4, 0.5) is 0 Å². The molecule has 5 N–H and O–H groups in total. The lowest BCUT2D eigenvalue weighted by Crippen LogP contribution is -2.55. The van der Waals surface area contributed by atoms with E-state index in [-0.39, 0.29) is 30.8 Å². The maximum absolute atomic E-state index is 12.6. The molecule has 11 nitrogen and oxygen atoms in total. The Labute approximate surface area is 182 Å². The summed E-state index contributed by atoms with van der Waals surface area (Å²) in [6, 6.07) is -2.25. The first-order chi connectivity index (χ1) is 14.5. The van der Waals surface area contributed by atoms with Crippen molar-refractivity contribution >= 4 is 29.6 Å². The average Bonchev–Trinajstić information content (AvgIpc) is 3.22. The molecule has 0 spiro atoms. The fourth-order valence-corrected chi connectivity index (χ4v) is 3.17. The number of nitrogens with one attached hydrogen (secondary N) is 3. The zero-order valence-corrected chi connectivity index (χ0v) is 18.9. The Morgan fingerprint density at radius 3 is 2.23 bits per heavy atom. The lowest BCUT2D eigenvalue weighted by molar-refractivity contribution is -0.141. The number of hydrogen-bond acceptors (Lipinski definition) is 7. The molecule has 0 aliphatic carbocycles. The third-order valence-electron chi connectivity index (χ3n) is 5.17. The molecule has 0 bridgehead atoms. The molecule has 3 atom stereocenters. The van der Waals surface area contributed by atoms with Gasteiger partial charge in [-0.25, -0.2) is 0 Å². The zero-order valence-electron chi connectivity index (χ0n) is 18.9. The molecule has 176 valence electrons. The van der Waals surface area contributed by atoms with Gasteiger partial charge in [0.2, 0.25) is 23.6 Å². The summed E-state index contributed by atoms with van der Waals surface area (Å²) in [5.74, 6) is -2.72. The van der Waals surface area contributed by atoms with Gasteiger partial charge in [0.05, 0.1) is 19.7 Å². The van der Waals surface area contributed by atoms with Crippen LogP contribution >= 0.6 is 0 Å². The Kier molecular flexibility index (Phi) is 10.4. The van der Waals surface area contributed by atoms with Crippen LogP contribution in [0.5, 0.6) is 0 Å². The second kappa shape index (κ2) is 12.2. The van der Waals surface area contributed by atoms with E-state index in [1.54, 1.807) is 13.8 Å². The Bertz CT molecular complexity index is 681. The summed E-state index contributed by atoms with van der Waals surface area (Å²) < 4.78 is 4.46. The van der Waals surface area contributed by atoms with Crippen LogP contribution in [-0.4, -0.2) is 79.4 Å². The summed E-state index contributed by atoms with van der Waals surface area (Å²) in [5, 5.41) is 7.48. The first kappa shape index (κ1) is 26.3. The summed E-state index contributed by atoms with van der Waals surface area (Å²) in [5.41, 5.74) is 5.93. The van der Waals surface area contributed by atoms with Gasteiger partial charge in [-0.2, -0.15) is 0 Å². The van der Waals surface area contributed by atoms with E-state index in [1.165, 1.54) is 12.0 Å². The van der Waals surface area contributed by atoms with E-state index in [0.717, 1.165) is 0 Å². The number of nitrogens with zero attached hydrogens (tertiary/aromatic N) is 1. The van der Waals surface area contributed by atoms with Gasteiger partial charge in [-0.15, -0.1) is 0 Å². The van der Waals surface area contributed by atoms with Crippen LogP contribution < -0.4 is 21.7 Å². The third-order valence-corrected chi connectivity index (χ3v) is 5.17. The molecular formula is C20H35N5O6. The van der Waals surface area contributed by atoms with Crippen molar-refractivity contribution < 1.29 is 28.7 Å². The predicted molar refractivity (Wildman–Crippen MR) is 112 cm³/mol. The van der Waals surface area contributed by atoms with Gasteiger partial charge in [-0.05, 0) is 24.7 Å². The Hall–Kier alpha value is -2.69. The van der Waals surface area contributed by atoms with Crippen LogP contribution in [0.15, 0.2) is 0 Å². The van der Waals surface area contributed by atoms with Crippen molar-refractivity contribution in [3.8, 4) is 0 Å². The third kappa shape index (κ3) is 7.82. The number of methoxy groups -OCH3 is 1. The molecule has 0 saturated carbocycles. The molecule has 1 rings (SSSR count). The zero-order chi connectivity index (χ0) is 23.7. The summed E-state index contributed by atoms with van der Waals surface area (Å²) in [6.07, 6.45) is 1.17. The lowest BCUT2D eigenvalue weighted by atomic mass is 10.0. The molecule has 1 saturated heterocycles. The number of amides is 4. The molecule has 0 aromatic heterocycles. The second-order valence-corrected chi connectivity index (χ2v) is 8.26. The highest BCUT2D eigenvalue weighted by atomic mass is 16.5. The highest BCUT2D eigenvalue weighted by molar-refractivity contribution is 5.94. The summed E-state index contributed by atoms with van der Waals surface area (Å²) >= 11 is 0. The van der Waals surface area contributed by atoms with Gasteiger partial charge in [0.1, 0.15) is 18.6 Å². The molecule has 11 heteroatoms. The SMILES string of the molecule is COC(=O)CNC(=O)C(NC(=O)CNC(=O)C1CCCN1C(=O)C(N)C(C)C)C(C)C. The predicted octanol–water partition coefficient (Wildman–Crippen LogP) is -1.49. The van der Waals surface area contributed by atoms with E-state index in [9.17, 15) is 24.0 Å². The summed E-state index contributed by atoms with van der Waals surface area (Å²) in [4.78, 5) is 62.3. The van der Waals surface area contributed by atoms with Crippen molar-refractivity contribution in [2.24, 2.45) is 17.6 Å². The maximum atomic E-state index is 12.6. The van der Waals surface area contributed by atoms with Crippen LogP contribution in [-0.2, 0) is 28.7 Å². The van der Waals surface area contributed by atoms with Crippen LogP contribution in [0.3, 0.4) is 0 Å². The highest BCUT2D eigenvalue weighted by Gasteiger charge is 2.37. The molecule has 1 heterocycles. The first-order valence-corrected chi connectivity index (χ1v) is 10.5. The fraction of sp³-hybridized carbons (Fsp3) is 0.750. The minimum absolute atomic E-state index is 0.0547. The highest BCUT2D eigenvalue weighted by Crippen LogP contribution is 2.19. The van der Waals surface area contributed by atoms with Crippen LogP contribution in [0, 0.1) is 11.8 Å². The van der Waals surface area contributed by atoms with Gasteiger partial charge in [-0.3, -0.25) is 24.0 Å². The maximum Gasteiger partial charge on any atom is 0.325 e. The first-order valence-electron chi connectivity index (χ1n) is 10.5. The quantitative estimate of drug-likeness (QED) is 0.300. The van der Waals surface area contributed by atoms with E-state index in [4.69, 9.17) is 5.73 Å². The van der Waals surface area contributed by atoms with Crippen molar-refractivity contribution in [1.29, 1.82) is 0 Å². The Morgan fingerprint density at radius 1 is 1.03 bits per heavy atom. The van der Waals surface area contributed by atoms with E-state index in [0.29, 0.717) is 19.4 Å². The molecule has 1 aliphatic rings. The van der Waals surface area contributed by atoms with Crippen molar-refractivity contribution in [2.45, 2.75) is 58.7 Å². The van der Waals surface area contributed by atoms with E-state index >= 15 is 0 Å². The number of carbonyl (C=O) groups excluding carboxylic acids is 5. The molecule has 0 radical (unpaired) electrons. The molecule has 0 aromatic carbocycles.